The first-order valence-electron chi connectivity index (χ1n) is 10.5. The molecule has 0 fully saturated rings. The zero-order valence-electron chi connectivity index (χ0n) is 18.8. The van der Waals surface area contributed by atoms with Crippen LogP contribution in [0.5, 0.6) is 0 Å². The number of halogens is 3. The van der Waals surface area contributed by atoms with E-state index in [4.69, 9.17) is 11.1 Å². The first kappa shape index (κ1) is 26.2. The number of thiazole rings is 1. The maximum absolute atomic E-state index is 12.8. The summed E-state index contributed by atoms with van der Waals surface area (Å²) in [5.41, 5.74) is 8.03. The maximum atomic E-state index is 12.8. The Kier molecular flexibility index (Phi) is 9.77. The van der Waals surface area contributed by atoms with Crippen molar-refractivity contribution in [3.8, 4) is 0 Å². The van der Waals surface area contributed by atoms with Gasteiger partial charge in [0.05, 0.1) is 33.7 Å². The molecular formula is C23H28F3N5OS. The monoisotopic (exact) mass is 479 g/mol. The Morgan fingerprint density at radius 3 is 2.70 bits per heavy atom. The second-order valence-electron chi connectivity index (χ2n) is 7.58. The van der Waals surface area contributed by atoms with Crippen LogP contribution in [0.1, 0.15) is 33.6 Å². The van der Waals surface area contributed by atoms with Gasteiger partial charge in [-0.3, -0.25) is 9.79 Å². The average molecular weight is 480 g/mol. The molecule has 33 heavy (non-hydrogen) atoms. The van der Waals surface area contributed by atoms with Gasteiger partial charge in [-0.1, -0.05) is 26.8 Å². The van der Waals surface area contributed by atoms with Gasteiger partial charge in [0.25, 0.3) is 12.3 Å². The van der Waals surface area contributed by atoms with Crippen LogP contribution in [0.4, 0.5) is 13.2 Å². The van der Waals surface area contributed by atoms with Gasteiger partial charge in [-0.15, -0.1) is 11.3 Å². The number of nitrogens with one attached hydrogen (secondary N) is 1. The number of fused-ring (bicyclic) bond motifs is 1. The molecule has 2 heterocycles. The summed E-state index contributed by atoms with van der Waals surface area (Å²) in [4.78, 5) is 22.1. The Hall–Kier alpha value is -3.01. The van der Waals surface area contributed by atoms with Crippen LogP contribution in [-0.2, 0) is 4.79 Å². The molecule has 0 saturated heterocycles. The number of para-hydroxylation sites is 1. The van der Waals surface area contributed by atoms with Gasteiger partial charge in [-0.25, -0.2) is 18.2 Å². The van der Waals surface area contributed by atoms with E-state index in [2.05, 4.69) is 23.8 Å². The van der Waals surface area contributed by atoms with Crippen molar-refractivity contribution in [2.45, 2.75) is 40.0 Å². The van der Waals surface area contributed by atoms with E-state index in [-0.39, 0.29) is 12.4 Å². The van der Waals surface area contributed by atoms with Crippen LogP contribution >= 0.6 is 11.3 Å². The minimum Gasteiger partial charge on any atom is -0.397 e. The van der Waals surface area contributed by atoms with Crippen LogP contribution in [0.25, 0.3) is 10.2 Å². The van der Waals surface area contributed by atoms with Crippen molar-refractivity contribution in [2.75, 3.05) is 13.1 Å². The van der Waals surface area contributed by atoms with E-state index in [0.717, 1.165) is 16.8 Å². The Morgan fingerprint density at radius 2 is 2.12 bits per heavy atom. The lowest BCUT2D eigenvalue weighted by molar-refractivity contribution is -0.126. The third kappa shape index (κ3) is 6.74. The molecule has 1 aromatic heterocycles. The molecule has 2 aromatic rings. The summed E-state index contributed by atoms with van der Waals surface area (Å²) in [7, 11) is 0. The van der Waals surface area contributed by atoms with E-state index in [1.807, 2.05) is 13.0 Å². The Balaban J connectivity index is 0.000000315. The molecule has 10 heteroatoms. The van der Waals surface area contributed by atoms with Crippen LogP contribution < -0.4 is 5.73 Å². The highest BCUT2D eigenvalue weighted by Gasteiger charge is 2.28. The van der Waals surface area contributed by atoms with E-state index in [1.54, 1.807) is 17.8 Å². The summed E-state index contributed by atoms with van der Waals surface area (Å²) in [5.74, 6) is -0.580. The largest absolute Gasteiger partial charge is 0.397 e. The number of nitrogens with zero attached hydrogens (tertiary/aromatic N) is 3. The standard InChI is InChI=1S/C16H24F2N4O.C7H4FNS/c1-4-6-21-13-9-22(7-5-11(13)10(2)3)16(23)12(8-19)14(20)15(17)18;8-5-2-1-3-6-7(5)9-4-10-6/h6,8,10,15,19H,4-5,7,9,20H2,1-3H3;1-4H/b14-12+,19-8?,21-6?;. The van der Waals surface area contributed by atoms with E-state index in [0.29, 0.717) is 30.6 Å². The minimum atomic E-state index is -2.96. The lowest BCUT2D eigenvalue weighted by Crippen LogP contribution is -2.39. The highest BCUT2D eigenvalue weighted by atomic mass is 32.1. The quantitative estimate of drug-likeness (QED) is 0.442. The molecule has 0 radical (unpaired) electrons. The first-order valence-corrected chi connectivity index (χ1v) is 11.4. The summed E-state index contributed by atoms with van der Waals surface area (Å²) in [6.07, 6.45) is 0.819. The van der Waals surface area contributed by atoms with Crippen LogP contribution in [0.2, 0.25) is 0 Å². The summed E-state index contributed by atoms with van der Waals surface area (Å²) in [6.45, 7) is 6.74. The van der Waals surface area contributed by atoms with Crippen molar-refractivity contribution >= 4 is 39.9 Å². The number of hydrogen-bond donors (Lipinski definition) is 2. The molecule has 3 rings (SSSR count). The number of carbonyl (C=O) groups excluding carboxylic acids is 1. The maximum Gasteiger partial charge on any atom is 0.278 e. The van der Waals surface area contributed by atoms with Crippen molar-refractivity contribution in [1.82, 2.24) is 9.88 Å². The van der Waals surface area contributed by atoms with Gasteiger partial charge in [-0.2, -0.15) is 0 Å². The molecule has 0 bridgehead atoms. The smallest absolute Gasteiger partial charge is 0.278 e. The molecule has 178 valence electrons. The molecule has 0 aliphatic carbocycles. The van der Waals surface area contributed by atoms with Gasteiger partial charge in [0.15, 0.2) is 0 Å². The topological polar surface area (TPSA) is 95.4 Å². The highest BCUT2D eigenvalue weighted by molar-refractivity contribution is 7.16. The van der Waals surface area contributed by atoms with Crippen LogP contribution in [0.3, 0.4) is 0 Å². The summed E-state index contributed by atoms with van der Waals surface area (Å²) in [5, 5.41) is 7.22. The van der Waals surface area contributed by atoms with Gasteiger partial charge < -0.3 is 16.0 Å². The molecule has 6 nitrogen and oxygen atoms in total. The number of carbonyl (C=O) groups is 1. The summed E-state index contributed by atoms with van der Waals surface area (Å²) < 4.78 is 39.1. The van der Waals surface area contributed by atoms with Gasteiger partial charge >= 0.3 is 0 Å². The number of benzene rings is 1. The molecule has 1 aliphatic heterocycles. The number of aromatic nitrogens is 1. The van der Waals surface area contributed by atoms with E-state index < -0.39 is 23.6 Å². The summed E-state index contributed by atoms with van der Waals surface area (Å²) >= 11 is 1.45. The number of rotatable bonds is 6. The lowest BCUT2D eigenvalue weighted by Gasteiger charge is -2.31. The SMILES string of the molecule is CCC=NC1=C(C(C)C)CCN(C(=O)/C(C=N)=C(/N)C(F)F)C1.Fc1cccc2scnc12. The Bertz CT molecular complexity index is 1070. The highest BCUT2D eigenvalue weighted by Crippen LogP contribution is 2.26. The zero-order chi connectivity index (χ0) is 24.5. The van der Waals surface area contributed by atoms with Crippen LogP contribution in [0, 0.1) is 17.1 Å². The number of nitrogens with two attached hydrogens (primary N) is 1. The molecule has 1 aromatic carbocycles. The first-order chi connectivity index (χ1) is 15.7. The molecular weight excluding hydrogens is 451 g/mol. The zero-order valence-corrected chi connectivity index (χ0v) is 19.6. The Labute approximate surface area is 195 Å². The fourth-order valence-corrected chi connectivity index (χ4v) is 3.98. The molecule has 0 saturated carbocycles. The number of alkyl halides is 2. The van der Waals surface area contributed by atoms with Crippen molar-refractivity contribution in [2.24, 2.45) is 16.6 Å². The van der Waals surface area contributed by atoms with Gasteiger partial charge in [0, 0.05) is 19.0 Å². The number of hydrogen-bond acceptors (Lipinski definition) is 6. The van der Waals surface area contributed by atoms with Crippen LogP contribution in [-0.4, -0.2) is 47.7 Å². The third-order valence-electron chi connectivity index (χ3n) is 5.01. The second kappa shape index (κ2) is 12.3. The van der Waals surface area contributed by atoms with E-state index >= 15 is 0 Å². The fraction of sp³-hybridized carbons (Fsp3) is 0.391. The van der Waals surface area contributed by atoms with Crippen LogP contribution in [0.15, 0.2) is 51.2 Å². The molecule has 0 spiro atoms. The fourth-order valence-electron chi connectivity index (χ4n) is 3.29. The second-order valence-corrected chi connectivity index (χ2v) is 8.46. The van der Waals surface area contributed by atoms with Crippen molar-refractivity contribution in [1.29, 1.82) is 5.41 Å². The number of amides is 1. The number of allylic oxidation sites excluding steroid dienone is 1. The van der Waals surface area contributed by atoms with Crippen molar-refractivity contribution in [3.63, 3.8) is 0 Å². The molecule has 0 unspecified atom stereocenters. The van der Waals surface area contributed by atoms with Gasteiger partial charge in [-0.05, 0) is 36.5 Å². The number of aliphatic imine (C=N–C) groups is 1. The lowest BCUT2D eigenvalue weighted by atomic mass is 9.94. The van der Waals surface area contributed by atoms with Crippen molar-refractivity contribution in [3.05, 3.63) is 52.1 Å². The predicted molar refractivity (Wildman–Crippen MR) is 127 cm³/mol. The molecule has 3 N–H and O–H groups in total. The average Bonchev–Trinajstić information content (AvgIpc) is 3.28. The van der Waals surface area contributed by atoms with Gasteiger partial charge in [0.1, 0.15) is 11.3 Å². The normalized spacial score (nSPS) is 15.2. The third-order valence-corrected chi connectivity index (χ3v) is 5.80. The van der Waals surface area contributed by atoms with E-state index in [9.17, 15) is 18.0 Å². The molecule has 1 amide bonds. The summed E-state index contributed by atoms with van der Waals surface area (Å²) in [6, 6.07) is 4.97. The molecule has 1 aliphatic rings. The Morgan fingerprint density at radius 1 is 1.39 bits per heavy atom. The minimum absolute atomic E-state index is 0.237. The predicted octanol–water partition coefficient (Wildman–Crippen LogP) is 5.17. The van der Waals surface area contributed by atoms with Crippen molar-refractivity contribution < 1.29 is 18.0 Å². The van der Waals surface area contributed by atoms with E-state index in [1.165, 1.54) is 27.9 Å². The van der Waals surface area contributed by atoms with Gasteiger partial charge in [0.2, 0.25) is 0 Å². The molecule has 0 atom stereocenters.